The molecular weight excluding hydrogens is 389 g/mol. The molecule has 0 saturated heterocycles. The maximum absolute atomic E-state index is 12.5. The highest BCUT2D eigenvalue weighted by Crippen LogP contribution is 2.29. The molecule has 0 radical (unpaired) electrons. The third kappa shape index (κ3) is 4.43. The average Bonchev–Trinajstić information content (AvgIpc) is 2.64. The summed E-state index contributed by atoms with van der Waals surface area (Å²) in [5.74, 6) is 0.221. The second kappa shape index (κ2) is 8.03. The zero-order valence-electron chi connectivity index (χ0n) is 14.7. The summed E-state index contributed by atoms with van der Waals surface area (Å²) in [6.07, 6.45) is 0. The normalized spacial score (nSPS) is 12.0. The van der Waals surface area contributed by atoms with Crippen LogP contribution in [0, 0.1) is 0 Å². The van der Waals surface area contributed by atoms with E-state index in [1.54, 1.807) is 54.4 Å². The minimum atomic E-state index is -0.441. The average molecular weight is 406 g/mol. The number of hydrogen-bond donors (Lipinski definition) is 0. The minimum Gasteiger partial charge on any atom is -0.484 e. The fourth-order valence-electron chi connectivity index (χ4n) is 2.64. The number of likely N-dealkylation sites (N-methyl/N-ethyl adjacent to an activating group) is 1. The van der Waals surface area contributed by atoms with Crippen LogP contribution in [-0.2, 0) is 4.79 Å². The quantitative estimate of drug-likeness (QED) is 0.577. The van der Waals surface area contributed by atoms with Crippen LogP contribution in [0.15, 0.2) is 57.7 Å². The summed E-state index contributed by atoms with van der Waals surface area (Å²) in [5, 5.41) is 1.81. The van der Waals surface area contributed by atoms with Crippen molar-refractivity contribution in [1.29, 1.82) is 0 Å². The molecule has 0 unspecified atom stereocenters. The lowest BCUT2D eigenvalue weighted by Crippen LogP contribution is -2.33. The maximum Gasteiger partial charge on any atom is 0.336 e. The van der Waals surface area contributed by atoms with Crippen molar-refractivity contribution >= 4 is 40.1 Å². The molecule has 1 heterocycles. The summed E-state index contributed by atoms with van der Waals surface area (Å²) in [6, 6.07) is 13.0. The zero-order valence-corrected chi connectivity index (χ0v) is 16.3. The molecule has 1 aromatic heterocycles. The highest BCUT2D eigenvalue weighted by Gasteiger charge is 2.20. The zero-order chi connectivity index (χ0) is 19.6. The van der Waals surface area contributed by atoms with Gasteiger partial charge in [-0.3, -0.25) is 4.79 Å². The molecule has 0 aliphatic heterocycles. The molecule has 5 nitrogen and oxygen atoms in total. The Morgan fingerprint density at radius 2 is 1.89 bits per heavy atom. The van der Waals surface area contributed by atoms with Crippen LogP contribution in [0.25, 0.3) is 11.0 Å². The highest BCUT2D eigenvalue weighted by atomic mass is 35.5. The van der Waals surface area contributed by atoms with Gasteiger partial charge in [-0.05, 0) is 42.8 Å². The summed E-state index contributed by atoms with van der Waals surface area (Å²) in [5.41, 5.74) is 0.760. The Labute approximate surface area is 166 Å². The van der Waals surface area contributed by atoms with Crippen LogP contribution in [0.2, 0.25) is 10.0 Å². The fraction of sp³-hybridized carbons (Fsp3) is 0.200. The first-order chi connectivity index (χ1) is 12.8. The van der Waals surface area contributed by atoms with Crippen LogP contribution < -0.4 is 10.4 Å². The van der Waals surface area contributed by atoms with Gasteiger partial charge in [0.05, 0.1) is 6.04 Å². The van der Waals surface area contributed by atoms with Crippen molar-refractivity contribution in [1.82, 2.24) is 4.90 Å². The summed E-state index contributed by atoms with van der Waals surface area (Å²) in [4.78, 5) is 25.4. The van der Waals surface area contributed by atoms with Crippen molar-refractivity contribution in [2.75, 3.05) is 13.7 Å². The van der Waals surface area contributed by atoms with E-state index in [4.69, 9.17) is 32.4 Å². The number of benzene rings is 2. The van der Waals surface area contributed by atoms with E-state index >= 15 is 0 Å². The van der Waals surface area contributed by atoms with E-state index < -0.39 is 5.63 Å². The third-order valence-corrected chi connectivity index (χ3v) is 4.91. The van der Waals surface area contributed by atoms with Crippen LogP contribution >= 0.6 is 23.2 Å². The summed E-state index contributed by atoms with van der Waals surface area (Å²) < 4.78 is 10.7. The Kier molecular flexibility index (Phi) is 5.73. The second-order valence-corrected chi connectivity index (χ2v) is 6.93. The Bertz CT molecular complexity index is 1050. The van der Waals surface area contributed by atoms with Gasteiger partial charge in [0, 0.05) is 34.6 Å². The number of amides is 1. The Morgan fingerprint density at radius 3 is 2.63 bits per heavy atom. The molecule has 3 rings (SSSR count). The number of nitrogens with zero attached hydrogens (tertiary/aromatic N) is 1. The molecule has 3 aromatic rings. The van der Waals surface area contributed by atoms with E-state index in [2.05, 4.69) is 0 Å². The van der Waals surface area contributed by atoms with E-state index in [0.29, 0.717) is 21.4 Å². The lowest BCUT2D eigenvalue weighted by Gasteiger charge is -2.26. The molecule has 27 heavy (non-hydrogen) atoms. The van der Waals surface area contributed by atoms with Gasteiger partial charge in [0.2, 0.25) is 0 Å². The molecule has 1 atom stereocenters. The predicted octanol–water partition coefficient (Wildman–Crippen LogP) is 4.70. The number of carbonyl (C=O) groups excluding carboxylic acids is 1. The SMILES string of the molecule is C[C@H](c1ccc(Cl)cc1Cl)N(C)C(=O)COc1ccc2ccc(=O)oc2c1. The van der Waals surface area contributed by atoms with Crippen LogP contribution in [0.3, 0.4) is 0 Å². The Morgan fingerprint density at radius 1 is 1.15 bits per heavy atom. The van der Waals surface area contributed by atoms with Crippen LogP contribution in [0.1, 0.15) is 18.5 Å². The van der Waals surface area contributed by atoms with E-state index in [9.17, 15) is 9.59 Å². The van der Waals surface area contributed by atoms with E-state index in [0.717, 1.165) is 10.9 Å². The smallest absolute Gasteiger partial charge is 0.336 e. The van der Waals surface area contributed by atoms with Crippen LogP contribution in [-0.4, -0.2) is 24.5 Å². The molecule has 0 bridgehead atoms. The number of hydrogen-bond acceptors (Lipinski definition) is 4. The summed E-state index contributed by atoms with van der Waals surface area (Å²) in [7, 11) is 1.68. The number of halogens is 2. The molecular formula is C20H17Cl2NO4. The molecule has 0 saturated carbocycles. The first kappa shape index (κ1) is 19.3. The Balaban J connectivity index is 1.68. The van der Waals surface area contributed by atoms with Gasteiger partial charge < -0.3 is 14.1 Å². The molecule has 0 aliphatic carbocycles. The highest BCUT2D eigenvalue weighted by molar-refractivity contribution is 6.35. The van der Waals surface area contributed by atoms with E-state index in [-0.39, 0.29) is 18.6 Å². The first-order valence-corrected chi connectivity index (χ1v) is 8.98. The topological polar surface area (TPSA) is 59.8 Å². The van der Waals surface area contributed by atoms with Gasteiger partial charge in [0.1, 0.15) is 11.3 Å². The first-order valence-electron chi connectivity index (χ1n) is 8.22. The van der Waals surface area contributed by atoms with Crippen molar-refractivity contribution in [2.24, 2.45) is 0 Å². The number of carbonyl (C=O) groups is 1. The van der Waals surface area contributed by atoms with E-state index in [1.807, 2.05) is 6.92 Å². The molecule has 0 aliphatic rings. The van der Waals surface area contributed by atoms with Crippen molar-refractivity contribution < 1.29 is 13.9 Å². The van der Waals surface area contributed by atoms with Crippen LogP contribution in [0.4, 0.5) is 0 Å². The monoisotopic (exact) mass is 405 g/mol. The second-order valence-electron chi connectivity index (χ2n) is 6.09. The van der Waals surface area contributed by atoms with E-state index in [1.165, 1.54) is 6.07 Å². The lowest BCUT2D eigenvalue weighted by molar-refractivity contribution is -0.134. The minimum absolute atomic E-state index is 0.158. The summed E-state index contributed by atoms with van der Waals surface area (Å²) >= 11 is 12.1. The third-order valence-electron chi connectivity index (χ3n) is 4.34. The molecule has 2 aromatic carbocycles. The van der Waals surface area contributed by atoms with Crippen molar-refractivity contribution in [3.63, 3.8) is 0 Å². The van der Waals surface area contributed by atoms with Gasteiger partial charge in [-0.15, -0.1) is 0 Å². The molecule has 7 heteroatoms. The van der Waals surface area contributed by atoms with Gasteiger partial charge in [-0.2, -0.15) is 0 Å². The van der Waals surface area contributed by atoms with Crippen molar-refractivity contribution in [2.45, 2.75) is 13.0 Å². The Hall–Kier alpha value is -2.50. The predicted molar refractivity (Wildman–Crippen MR) is 106 cm³/mol. The number of ether oxygens (including phenoxy) is 1. The van der Waals surface area contributed by atoms with Gasteiger partial charge >= 0.3 is 5.63 Å². The maximum atomic E-state index is 12.5. The molecule has 0 fully saturated rings. The van der Waals surface area contributed by atoms with Crippen LogP contribution in [0.5, 0.6) is 5.75 Å². The standard InChI is InChI=1S/C20H17Cl2NO4/c1-12(16-7-5-14(21)9-17(16)22)23(2)19(24)11-26-15-6-3-13-4-8-20(25)27-18(13)10-15/h3-10,12H,11H2,1-2H3/t12-/m1/s1. The van der Waals surface area contributed by atoms with Gasteiger partial charge in [0.15, 0.2) is 6.61 Å². The van der Waals surface area contributed by atoms with Gasteiger partial charge in [0.25, 0.3) is 5.91 Å². The van der Waals surface area contributed by atoms with Gasteiger partial charge in [-0.1, -0.05) is 29.3 Å². The summed E-state index contributed by atoms with van der Waals surface area (Å²) in [6.45, 7) is 1.71. The number of rotatable bonds is 5. The molecule has 0 spiro atoms. The molecule has 1 amide bonds. The lowest BCUT2D eigenvalue weighted by atomic mass is 10.1. The van der Waals surface area contributed by atoms with Gasteiger partial charge in [-0.25, -0.2) is 4.79 Å². The fourth-order valence-corrected chi connectivity index (χ4v) is 3.21. The molecule has 0 N–H and O–H groups in total. The molecule has 140 valence electrons. The van der Waals surface area contributed by atoms with Crippen molar-refractivity contribution in [3.05, 3.63) is 74.6 Å². The largest absolute Gasteiger partial charge is 0.484 e. The van der Waals surface area contributed by atoms with Crippen molar-refractivity contribution in [3.8, 4) is 5.75 Å². The number of fused-ring (bicyclic) bond motifs is 1.